The Balaban J connectivity index is 1.45. The summed E-state index contributed by atoms with van der Waals surface area (Å²) in [6, 6.07) is 5.85. The van der Waals surface area contributed by atoms with Crippen LogP contribution in [0.3, 0.4) is 0 Å². The lowest BCUT2D eigenvalue weighted by molar-refractivity contribution is -0.159. The molecule has 2 aromatic rings. The summed E-state index contributed by atoms with van der Waals surface area (Å²) in [6.45, 7) is 1.32. The molecule has 0 saturated carbocycles. The molecule has 0 radical (unpaired) electrons. The minimum atomic E-state index is -4.69. The van der Waals surface area contributed by atoms with Crippen LogP contribution in [0.1, 0.15) is 12.3 Å². The molecule has 146 valence electrons. The molecule has 2 amide bonds. The van der Waals surface area contributed by atoms with Crippen molar-refractivity contribution in [1.82, 2.24) is 20.4 Å². The smallest absolute Gasteiger partial charge is 0.471 e. The Morgan fingerprint density at radius 2 is 2.11 bits per heavy atom. The van der Waals surface area contributed by atoms with Crippen LogP contribution >= 0.6 is 0 Å². The zero-order chi connectivity index (χ0) is 19.4. The van der Waals surface area contributed by atoms with Gasteiger partial charge in [0.1, 0.15) is 12.4 Å². The Morgan fingerprint density at radius 3 is 2.70 bits per heavy atom. The molecule has 1 fully saturated rings. The topological polar surface area (TPSA) is 101 Å². The number of halogens is 3. The van der Waals surface area contributed by atoms with Gasteiger partial charge in [0.05, 0.1) is 12.6 Å². The lowest BCUT2D eigenvalue weighted by Crippen LogP contribution is -2.40. The molecule has 1 aromatic carbocycles. The number of benzene rings is 1. The average molecular weight is 386 g/mol. The number of amides is 2. The Morgan fingerprint density at radius 1 is 1.37 bits per heavy atom. The van der Waals surface area contributed by atoms with E-state index in [1.54, 1.807) is 12.1 Å². The molecule has 27 heavy (non-hydrogen) atoms. The summed E-state index contributed by atoms with van der Waals surface area (Å²) in [5, 5.41) is 15.4. The van der Waals surface area contributed by atoms with Crippen LogP contribution in [-0.2, 0) is 6.18 Å². The van der Waals surface area contributed by atoms with E-state index in [1.807, 2.05) is 0 Å². The second-order valence-electron chi connectivity index (χ2n) is 5.91. The van der Waals surface area contributed by atoms with Crippen LogP contribution in [0.2, 0.25) is 0 Å². The van der Waals surface area contributed by atoms with E-state index in [2.05, 4.69) is 20.0 Å². The number of β-amino-alcohol motifs (C(OH)–C–C–N with tert-alkyl or cyclic N) is 1. The van der Waals surface area contributed by atoms with Gasteiger partial charge >= 0.3 is 18.1 Å². The Hall–Kier alpha value is -2.82. The quantitative estimate of drug-likeness (QED) is 0.762. The van der Waals surface area contributed by atoms with Gasteiger partial charge in [0, 0.05) is 18.7 Å². The second kappa shape index (κ2) is 7.82. The number of likely N-dealkylation sites (tertiary alicyclic amines) is 1. The minimum absolute atomic E-state index is 0.172. The van der Waals surface area contributed by atoms with E-state index in [-0.39, 0.29) is 25.0 Å². The van der Waals surface area contributed by atoms with Crippen LogP contribution in [0.5, 0.6) is 5.75 Å². The maximum Gasteiger partial charge on any atom is 0.471 e. The fourth-order valence-corrected chi connectivity index (χ4v) is 2.52. The van der Waals surface area contributed by atoms with Crippen LogP contribution in [0, 0.1) is 0 Å². The van der Waals surface area contributed by atoms with E-state index in [0.717, 1.165) is 0 Å². The molecule has 2 N–H and O–H groups in total. The Labute approximate surface area is 151 Å². The Kier molecular flexibility index (Phi) is 5.49. The first-order valence-electron chi connectivity index (χ1n) is 8.18. The van der Waals surface area contributed by atoms with Crippen molar-refractivity contribution in [1.29, 1.82) is 0 Å². The molecule has 1 saturated heterocycles. The van der Waals surface area contributed by atoms with E-state index >= 15 is 0 Å². The third-order valence-corrected chi connectivity index (χ3v) is 3.88. The standard InChI is InChI=1S/C16H17F3N4O4/c17-16(18,19)14-21-13(22-27-14)10-1-3-12(4-2-10)26-8-6-20-15(25)23-7-5-11(24)9-23/h1-4,11,24H,5-9H2,(H,20,25)/t11-/m1/s1. The van der Waals surface area contributed by atoms with Crippen molar-refractivity contribution in [2.45, 2.75) is 18.7 Å². The number of ether oxygens (including phenoxy) is 1. The number of aromatic nitrogens is 2. The van der Waals surface area contributed by atoms with E-state index in [0.29, 0.717) is 30.8 Å². The first-order chi connectivity index (χ1) is 12.8. The van der Waals surface area contributed by atoms with E-state index in [1.165, 1.54) is 17.0 Å². The fourth-order valence-electron chi connectivity index (χ4n) is 2.52. The normalized spacial score (nSPS) is 17.2. The molecule has 1 atom stereocenters. The highest BCUT2D eigenvalue weighted by atomic mass is 19.4. The van der Waals surface area contributed by atoms with Crippen LogP contribution in [0.15, 0.2) is 28.8 Å². The number of aliphatic hydroxyl groups is 1. The SMILES string of the molecule is O=C(NCCOc1ccc(-c2noc(C(F)(F)F)n2)cc1)N1CC[C@@H](O)C1. The number of rotatable bonds is 5. The van der Waals surface area contributed by atoms with Gasteiger partial charge in [-0.1, -0.05) is 5.16 Å². The van der Waals surface area contributed by atoms with Crippen molar-refractivity contribution in [2.75, 3.05) is 26.2 Å². The van der Waals surface area contributed by atoms with Crippen LogP contribution < -0.4 is 10.1 Å². The Bertz CT molecular complexity index is 779. The number of aliphatic hydroxyl groups excluding tert-OH is 1. The fraction of sp³-hybridized carbons (Fsp3) is 0.438. The summed E-state index contributed by atoms with van der Waals surface area (Å²) in [6.07, 6.45) is -4.59. The van der Waals surface area contributed by atoms with Crippen LogP contribution in [-0.4, -0.2) is 58.5 Å². The van der Waals surface area contributed by atoms with Gasteiger partial charge in [-0.3, -0.25) is 0 Å². The molecular weight excluding hydrogens is 369 g/mol. The van der Waals surface area contributed by atoms with Crippen LogP contribution in [0.25, 0.3) is 11.4 Å². The minimum Gasteiger partial charge on any atom is -0.492 e. The van der Waals surface area contributed by atoms with Gasteiger partial charge in [0.25, 0.3) is 0 Å². The number of alkyl halides is 3. The van der Waals surface area contributed by atoms with Crippen molar-refractivity contribution < 1.29 is 32.3 Å². The third-order valence-electron chi connectivity index (χ3n) is 3.88. The summed E-state index contributed by atoms with van der Waals surface area (Å²) in [5.74, 6) is -1.10. The monoisotopic (exact) mass is 386 g/mol. The highest BCUT2D eigenvalue weighted by Crippen LogP contribution is 2.29. The van der Waals surface area contributed by atoms with Gasteiger partial charge < -0.3 is 24.6 Å². The maximum atomic E-state index is 12.5. The molecule has 0 unspecified atom stereocenters. The molecule has 0 aliphatic carbocycles. The highest BCUT2D eigenvalue weighted by Gasteiger charge is 2.38. The molecule has 1 aliphatic rings. The van der Waals surface area contributed by atoms with Crippen molar-refractivity contribution in [3.8, 4) is 17.1 Å². The number of nitrogens with zero attached hydrogens (tertiary/aromatic N) is 3. The van der Waals surface area contributed by atoms with Crippen LogP contribution in [0.4, 0.5) is 18.0 Å². The van der Waals surface area contributed by atoms with Gasteiger partial charge in [0.2, 0.25) is 5.82 Å². The zero-order valence-electron chi connectivity index (χ0n) is 14.1. The number of carbonyl (C=O) groups excluding carboxylic acids is 1. The van der Waals surface area contributed by atoms with E-state index in [4.69, 9.17) is 4.74 Å². The molecular formula is C16H17F3N4O4. The molecule has 2 heterocycles. The van der Waals surface area contributed by atoms with Crippen molar-refractivity contribution >= 4 is 6.03 Å². The zero-order valence-corrected chi connectivity index (χ0v) is 14.1. The summed E-state index contributed by atoms with van der Waals surface area (Å²) >= 11 is 0. The van der Waals surface area contributed by atoms with Gasteiger partial charge in [0.15, 0.2) is 0 Å². The number of urea groups is 1. The summed E-state index contributed by atoms with van der Waals surface area (Å²) in [5.41, 5.74) is 0.350. The predicted octanol–water partition coefficient (Wildman–Crippen LogP) is 1.91. The van der Waals surface area contributed by atoms with Crippen molar-refractivity contribution in [3.05, 3.63) is 30.2 Å². The number of nitrogens with one attached hydrogen (secondary N) is 1. The predicted molar refractivity (Wildman–Crippen MR) is 85.8 cm³/mol. The molecule has 1 aromatic heterocycles. The average Bonchev–Trinajstić information content (AvgIpc) is 3.28. The van der Waals surface area contributed by atoms with Crippen molar-refractivity contribution in [2.24, 2.45) is 0 Å². The summed E-state index contributed by atoms with van der Waals surface area (Å²) in [7, 11) is 0. The van der Waals surface area contributed by atoms with Gasteiger partial charge in [-0.25, -0.2) is 4.79 Å². The van der Waals surface area contributed by atoms with E-state index < -0.39 is 18.2 Å². The van der Waals surface area contributed by atoms with Crippen molar-refractivity contribution in [3.63, 3.8) is 0 Å². The lowest BCUT2D eigenvalue weighted by Gasteiger charge is -2.16. The molecule has 8 nitrogen and oxygen atoms in total. The van der Waals surface area contributed by atoms with E-state index in [9.17, 15) is 23.1 Å². The second-order valence-corrected chi connectivity index (χ2v) is 5.91. The van der Waals surface area contributed by atoms with Gasteiger partial charge in [-0.15, -0.1) is 0 Å². The highest BCUT2D eigenvalue weighted by molar-refractivity contribution is 5.74. The number of hydrogen-bond donors (Lipinski definition) is 2. The molecule has 0 bridgehead atoms. The number of carbonyl (C=O) groups is 1. The van der Waals surface area contributed by atoms with Gasteiger partial charge in [-0.05, 0) is 30.7 Å². The first-order valence-corrected chi connectivity index (χ1v) is 8.18. The molecule has 11 heteroatoms. The summed E-state index contributed by atoms with van der Waals surface area (Å²) in [4.78, 5) is 16.7. The molecule has 3 rings (SSSR count). The number of hydrogen-bond acceptors (Lipinski definition) is 6. The first kappa shape index (κ1) is 19.0. The maximum absolute atomic E-state index is 12.5. The molecule has 0 spiro atoms. The summed E-state index contributed by atoms with van der Waals surface area (Å²) < 4.78 is 47.1. The largest absolute Gasteiger partial charge is 0.492 e. The molecule has 1 aliphatic heterocycles. The third kappa shape index (κ3) is 4.88. The van der Waals surface area contributed by atoms with Gasteiger partial charge in [-0.2, -0.15) is 18.2 Å². The lowest BCUT2D eigenvalue weighted by atomic mass is 10.2.